The minimum Gasteiger partial charge on any atom is -0.478 e. The molecule has 2 unspecified atom stereocenters. The van der Waals surface area contributed by atoms with Gasteiger partial charge in [0.05, 0.1) is 19.3 Å². The molecule has 0 aliphatic carbocycles. The predicted octanol–water partition coefficient (Wildman–Crippen LogP) is 2.24. The van der Waals surface area contributed by atoms with Crippen molar-refractivity contribution in [3.8, 4) is 0 Å². The SMILES string of the molecule is C=CC(=O)O.CCCCC(C)OCC1CO1. The predicted molar refractivity (Wildman–Crippen MR) is 62.5 cm³/mol. The lowest BCUT2D eigenvalue weighted by atomic mass is 10.2. The molecule has 0 saturated carbocycles. The van der Waals surface area contributed by atoms with Crippen LogP contribution in [0.3, 0.4) is 0 Å². The Hall–Kier alpha value is -0.870. The molecule has 1 heterocycles. The monoisotopic (exact) mass is 230 g/mol. The average Bonchev–Trinajstić information content (AvgIpc) is 3.08. The summed E-state index contributed by atoms with van der Waals surface area (Å²) in [6.45, 7) is 9.00. The first-order chi connectivity index (χ1) is 7.60. The Balaban J connectivity index is 0.000000385. The fourth-order valence-corrected chi connectivity index (χ4v) is 1.01. The van der Waals surface area contributed by atoms with Crippen molar-refractivity contribution in [2.75, 3.05) is 13.2 Å². The smallest absolute Gasteiger partial charge is 0.327 e. The molecule has 2 atom stereocenters. The Morgan fingerprint density at radius 2 is 2.31 bits per heavy atom. The molecule has 1 saturated heterocycles. The van der Waals surface area contributed by atoms with E-state index in [1.54, 1.807) is 0 Å². The van der Waals surface area contributed by atoms with Gasteiger partial charge in [0.1, 0.15) is 6.10 Å². The third-order valence-electron chi connectivity index (χ3n) is 2.11. The molecule has 94 valence electrons. The molecule has 1 fully saturated rings. The van der Waals surface area contributed by atoms with Crippen molar-refractivity contribution in [2.24, 2.45) is 0 Å². The number of hydrogen-bond acceptors (Lipinski definition) is 3. The summed E-state index contributed by atoms with van der Waals surface area (Å²) in [5.74, 6) is -0.981. The third-order valence-corrected chi connectivity index (χ3v) is 2.11. The molecule has 1 rings (SSSR count). The molecule has 0 aromatic carbocycles. The summed E-state index contributed by atoms with van der Waals surface area (Å²) in [5.41, 5.74) is 0. The summed E-state index contributed by atoms with van der Waals surface area (Å²) in [4.78, 5) is 9.25. The van der Waals surface area contributed by atoms with Crippen LogP contribution in [0.2, 0.25) is 0 Å². The highest BCUT2D eigenvalue weighted by atomic mass is 16.6. The first-order valence-corrected chi connectivity index (χ1v) is 5.68. The third kappa shape index (κ3) is 11.2. The lowest BCUT2D eigenvalue weighted by Gasteiger charge is -2.10. The minimum absolute atomic E-state index is 0.416. The van der Waals surface area contributed by atoms with Gasteiger partial charge in [-0.15, -0.1) is 0 Å². The van der Waals surface area contributed by atoms with Crippen LogP contribution >= 0.6 is 0 Å². The van der Waals surface area contributed by atoms with Gasteiger partial charge in [-0.1, -0.05) is 26.3 Å². The number of hydrogen-bond donors (Lipinski definition) is 1. The molecule has 1 N–H and O–H groups in total. The van der Waals surface area contributed by atoms with Crippen LogP contribution in [0.4, 0.5) is 0 Å². The van der Waals surface area contributed by atoms with Crippen LogP contribution in [0.25, 0.3) is 0 Å². The first-order valence-electron chi connectivity index (χ1n) is 5.68. The summed E-state index contributed by atoms with van der Waals surface area (Å²) in [7, 11) is 0. The summed E-state index contributed by atoms with van der Waals surface area (Å²) < 4.78 is 10.6. The average molecular weight is 230 g/mol. The van der Waals surface area contributed by atoms with Gasteiger partial charge in [0.2, 0.25) is 0 Å². The van der Waals surface area contributed by atoms with Crippen LogP contribution in [-0.4, -0.2) is 36.5 Å². The van der Waals surface area contributed by atoms with Gasteiger partial charge in [0.25, 0.3) is 0 Å². The number of carboxylic acids is 1. The van der Waals surface area contributed by atoms with E-state index in [9.17, 15) is 4.79 Å². The van der Waals surface area contributed by atoms with Crippen molar-refractivity contribution in [1.29, 1.82) is 0 Å². The van der Waals surface area contributed by atoms with E-state index in [-0.39, 0.29) is 0 Å². The van der Waals surface area contributed by atoms with Gasteiger partial charge < -0.3 is 14.6 Å². The Morgan fingerprint density at radius 1 is 1.75 bits per heavy atom. The van der Waals surface area contributed by atoms with Crippen LogP contribution in [0, 0.1) is 0 Å². The summed E-state index contributed by atoms with van der Waals surface area (Å²) in [6, 6.07) is 0. The molecule has 16 heavy (non-hydrogen) atoms. The van der Waals surface area contributed by atoms with E-state index in [1.165, 1.54) is 19.3 Å². The molecule has 0 bridgehead atoms. The zero-order valence-electron chi connectivity index (χ0n) is 10.1. The van der Waals surface area contributed by atoms with Crippen molar-refractivity contribution in [1.82, 2.24) is 0 Å². The molecule has 0 aromatic heterocycles. The van der Waals surface area contributed by atoms with Crippen molar-refractivity contribution in [3.05, 3.63) is 12.7 Å². The number of carbonyl (C=O) groups is 1. The lowest BCUT2D eigenvalue weighted by molar-refractivity contribution is -0.131. The van der Waals surface area contributed by atoms with Crippen molar-refractivity contribution < 1.29 is 19.4 Å². The maximum absolute atomic E-state index is 9.25. The second-order valence-corrected chi connectivity index (χ2v) is 3.78. The van der Waals surface area contributed by atoms with E-state index < -0.39 is 5.97 Å². The second-order valence-electron chi connectivity index (χ2n) is 3.78. The van der Waals surface area contributed by atoms with E-state index in [0.717, 1.165) is 19.3 Å². The molecule has 0 radical (unpaired) electrons. The van der Waals surface area contributed by atoms with Crippen LogP contribution < -0.4 is 0 Å². The minimum atomic E-state index is -0.981. The maximum atomic E-state index is 9.25. The number of epoxide rings is 1. The molecule has 1 aliphatic heterocycles. The van der Waals surface area contributed by atoms with E-state index in [2.05, 4.69) is 20.4 Å². The quantitative estimate of drug-likeness (QED) is 0.538. The van der Waals surface area contributed by atoms with Gasteiger partial charge in [-0.25, -0.2) is 4.79 Å². The van der Waals surface area contributed by atoms with Crippen LogP contribution in [0.1, 0.15) is 33.1 Å². The lowest BCUT2D eigenvalue weighted by Crippen LogP contribution is -2.12. The Morgan fingerprint density at radius 3 is 2.69 bits per heavy atom. The molecule has 0 spiro atoms. The number of rotatable bonds is 7. The number of carboxylic acid groups (broad SMARTS) is 1. The normalized spacial score (nSPS) is 19.2. The Kier molecular flexibility index (Phi) is 8.85. The van der Waals surface area contributed by atoms with E-state index in [1.807, 2.05) is 0 Å². The standard InChI is InChI=1S/C9H18O2.C3H4O2/c1-3-4-5-8(2)10-6-9-7-11-9;1-2-3(4)5/h8-9H,3-7H2,1-2H3;2H,1H2,(H,4,5). The second kappa shape index (κ2) is 9.36. The highest BCUT2D eigenvalue weighted by molar-refractivity contribution is 5.78. The molecule has 0 amide bonds. The molecule has 0 aromatic rings. The van der Waals surface area contributed by atoms with Crippen LogP contribution in [-0.2, 0) is 14.3 Å². The zero-order chi connectivity index (χ0) is 12.4. The summed E-state index contributed by atoms with van der Waals surface area (Å²) in [6.07, 6.45) is 5.38. The molecule has 1 aliphatic rings. The van der Waals surface area contributed by atoms with Crippen molar-refractivity contribution in [2.45, 2.75) is 45.3 Å². The number of aliphatic carboxylic acids is 1. The van der Waals surface area contributed by atoms with Gasteiger partial charge in [0.15, 0.2) is 0 Å². The van der Waals surface area contributed by atoms with Gasteiger partial charge in [-0.3, -0.25) is 0 Å². The number of ether oxygens (including phenoxy) is 2. The van der Waals surface area contributed by atoms with Crippen LogP contribution in [0.5, 0.6) is 0 Å². The van der Waals surface area contributed by atoms with Gasteiger partial charge in [0, 0.05) is 6.08 Å². The topological polar surface area (TPSA) is 59.1 Å². The van der Waals surface area contributed by atoms with Gasteiger partial charge >= 0.3 is 5.97 Å². The largest absolute Gasteiger partial charge is 0.478 e. The molecule has 4 heteroatoms. The van der Waals surface area contributed by atoms with Gasteiger partial charge in [-0.05, 0) is 13.3 Å². The molecular weight excluding hydrogens is 208 g/mol. The fraction of sp³-hybridized carbons (Fsp3) is 0.750. The van der Waals surface area contributed by atoms with E-state index in [0.29, 0.717) is 12.2 Å². The summed E-state index contributed by atoms with van der Waals surface area (Å²) >= 11 is 0. The van der Waals surface area contributed by atoms with Crippen molar-refractivity contribution >= 4 is 5.97 Å². The fourth-order valence-electron chi connectivity index (χ4n) is 1.01. The van der Waals surface area contributed by atoms with Gasteiger partial charge in [-0.2, -0.15) is 0 Å². The first kappa shape index (κ1) is 15.1. The van der Waals surface area contributed by atoms with E-state index in [4.69, 9.17) is 14.6 Å². The number of unbranched alkanes of at least 4 members (excludes halogenated alkanes) is 1. The molecular formula is C12H22O4. The highest BCUT2D eigenvalue weighted by Gasteiger charge is 2.23. The Labute approximate surface area is 97.2 Å². The summed E-state index contributed by atoms with van der Waals surface area (Å²) in [5, 5.41) is 7.60. The van der Waals surface area contributed by atoms with Crippen molar-refractivity contribution in [3.63, 3.8) is 0 Å². The van der Waals surface area contributed by atoms with Crippen LogP contribution in [0.15, 0.2) is 12.7 Å². The highest BCUT2D eigenvalue weighted by Crippen LogP contribution is 2.11. The Bertz CT molecular complexity index is 199. The van der Waals surface area contributed by atoms with E-state index >= 15 is 0 Å². The zero-order valence-corrected chi connectivity index (χ0v) is 10.1. The molecule has 4 nitrogen and oxygen atoms in total. The maximum Gasteiger partial charge on any atom is 0.327 e.